The number of ketones is 1. The second-order valence-corrected chi connectivity index (χ2v) is 6.71. The molecule has 3 rings (SSSR count). The zero-order chi connectivity index (χ0) is 19.2. The SMILES string of the molecule is Cc1ccc(F)c(C(=O)CN2CCN(C(=O)OCc3ccccc3)CC2)c1. The van der Waals surface area contributed by atoms with Gasteiger partial charge < -0.3 is 9.64 Å². The van der Waals surface area contributed by atoms with E-state index in [1.54, 1.807) is 17.0 Å². The molecule has 0 radical (unpaired) electrons. The Kier molecular flexibility index (Phi) is 6.19. The highest BCUT2D eigenvalue weighted by Gasteiger charge is 2.24. The Balaban J connectivity index is 1.46. The summed E-state index contributed by atoms with van der Waals surface area (Å²) in [5, 5.41) is 0. The van der Waals surface area contributed by atoms with Gasteiger partial charge in [-0.15, -0.1) is 0 Å². The van der Waals surface area contributed by atoms with E-state index in [9.17, 15) is 14.0 Å². The second kappa shape index (κ2) is 8.77. The van der Waals surface area contributed by atoms with Gasteiger partial charge in [-0.25, -0.2) is 9.18 Å². The van der Waals surface area contributed by atoms with Crippen LogP contribution in [-0.2, 0) is 11.3 Å². The van der Waals surface area contributed by atoms with Crippen molar-refractivity contribution in [2.45, 2.75) is 13.5 Å². The maximum Gasteiger partial charge on any atom is 0.410 e. The first-order valence-electron chi connectivity index (χ1n) is 9.00. The molecule has 6 heteroatoms. The smallest absolute Gasteiger partial charge is 0.410 e. The van der Waals surface area contributed by atoms with Crippen LogP contribution in [0.25, 0.3) is 0 Å². The highest BCUT2D eigenvalue weighted by Crippen LogP contribution is 2.13. The van der Waals surface area contributed by atoms with E-state index in [1.807, 2.05) is 42.2 Å². The van der Waals surface area contributed by atoms with Crippen LogP contribution in [0, 0.1) is 12.7 Å². The fourth-order valence-corrected chi connectivity index (χ4v) is 3.04. The van der Waals surface area contributed by atoms with Crippen LogP contribution in [0.15, 0.2) is 48.5 Å². The first-order valence-corrected chi connectivity index (χ1v) is 9.00. The molecule has 0 atom stereocenters. The summed E-state index contributed by atoms with van der Waals surface area (Å²) in [5.41, 5.74) is 1.92. The van der Waals surface area contributed by atoms with Crippen LogP contribution in [0.2, 0.25) is 0 Å². The van der Waals surface area contributed by atoms with E-state index >= 15 is 0 Å². The fraction of sp³-hybridized carbons (Fsp3) is 0.333. The van der Waals surface area contributed by atoms with Crippen molar-refractivity contribution in [3.8, 4) is 0 Å². The number of piperazine rings is 1. The van der Waals surface area contributed by atoms with Gasteiger partial charge in [0.25, 0.3) is 0 Å². The van der Waals surface area contributed by atoms with Crippen LogP contribution in [0.3, 0.4) is 0 Å². The minimum atomic E-state index is -0.492. The summed E-state index contributed by atoms with van der Waals surface area (Å²) in [7, 11) is 0. The molecule has 0 aliphatic carbocycles. The maximum atomic E-state index is 13.9. The van der Waals surface area contributed by atoms with Crippen LogP contribution in [0.4, 0.5) is 9.18 Å². The lowest BCUT2D eigenvalue weighted by Crippen LogP contribution is -2.50. The standard InChI is InChI=1S/C21H23FN2O3/c1-16-7-8-19(22)18(13-16)20(25)14-23-9-11-24(12-10-23)21(26)27-15-17-5-3-2-4-6-17/h2-8,13H,9-12,14-15H2,1H3. The number of nitrogens with zero attached hydrogens (tertiary/aromatic N) is 2. The molecule has 2 aromatic carbocycles. The third-order valence-electron chi connectivity index (χ3n) is 4.63. The van der Waals surface area contributed by atoms with Gasteiger partial charge in [-0.3, -0.25) is 9.69 Å². The second-order valence-electron chi connectivity index (χ2n) is 6.71. The first kappa shape index (κ1) is 19.0. The van der Waals surface area contributed by atoms with Crippen molar-refractivity contribution in [1.82, 2.24) is 9.80 Å². The summed E-state index contributed by atoms with van der Waals surface area (Å²) in [6, 6.07) is 14.1. The maximum absolute atomic E-state index is 13.9. The molecule has 0 bridgehead atoms. The lowest BCUT2D eigenvalue weighted by molar-refractivity contribution is 0.0677. The number of hydrogen-bond donors (Lipinski definition) is 0. The number of benzene rings is 2. The van der Waals surface area contributed by atoms with E-state index in [1.165, 1.54) is 6.07 Å². The van der Waals surface area contributed by atoms with E-state index in [2.05, 4.69) is 0 Å². The molecule has 27 heavy (non-hydrogen) atoms. The molecule has 142 valence electrons. The van der Waals surface area contributed by atoms with Gasteiger partial charge in [0.2, 0.25) is 0 Å². The van der Waals surface area contributed by atoms with Crippen LogP contribution in [-0.4, -0.2) is 54.4 Å². The number of rotatable bonds is 5. The normalized spacial score (nSPS) is 14.8. The number of carbonyl (C=O) groups is 2. The van der Waals surface area contributed by atoms with E-state index in [4.69, 9.17) is 4.74 Å². The highest BCUT2D eigenvalue weighted by atomic mass is 19.1. The largest absolute Gasteiger partial charge is 0.445 e. The van der Waals surface area contributed by atoms with E-state index in [0.29, 0.717) is 26.2 Å². The van der Waals surface area contributed by atoms with E-state index in [0.717, 1.165) is 11.1 Å². The summed E-state index contributed by atoms with van der Waals surface area (Å²) in [4.78, 5) is 28.1. The molecule has 0 spiro atoms. The molecule has 0 aromatic heterocycles. The topological polar surface area (TPSA) is 49.9 Å². The molecule has 5 nitrogen and oxygen atoms in total. The molecule has 1 saturated heterocycles. The van der Waals surface area contributed by atoms with Crippen molar-refractivity contribution in [2.24, 2.45) is 0 Å². The third-order valence-corrected chi connectivity index (χ3v) is 4.63. The van der Waals surface area contributed by atoms with Gasteiger partial charge in [-0.05, 0) is 24.6 Å². The van der Waals surface area contributed by atoms with Crippen molar-refractivity contribution in [2.75, 3.05) is 32.7 Å². The summed E-state index contributed by atoms with van der Waals surface area (Å²) in [6.07, 6.45) is -0.352. The quantitative estimate of drug-likeness (QED) is 0.758. The van der Waals surface area contributed by atoms with Crippen molar-refractivity contribution in [3.63, 3.8) is 0 Å². The Labute approximate surface area is 158 Å². The Bertz CT molecular complexity index is 802. The molecule has 1 amide bonds. The van der Waals surface area contributed by atoms with Crippen LogP contribution in [0.5, 0.6) is 0 Å². The summed E-state index contributed by atoms with van der Waals surface area (Å²) >= 11 is 0. The molecule has 1 fully saturated rings. The van der Waals surface area contributed by atoms with E-state index in [-0.39, 0.29) is 30.6 Å². The van der Waals surface area contributed by atoms with Crippen LogP contribution < -0.4 is 0 Å². The lowest BCUT2D eigenvalue weighted by atomic mass is 10.1. The molecule has 2 aromatic rings. The lowest BCUT2D eigenvalue weighted by Gasteiger charge is -2.33. The van der Waals surface area contributed by atoms with Gasteiger partial charge in [0.05, 0.1) is 12.1 Å². The highest BCUT2D eigenvalue weighted by molar-refractivity contribution is 5.98. The summed E-state index contributed by atoms with van der Waals surface area (Å²) in [6.45, 7) is 4.29. The fourth-order valence-electron chi connectivity index (χ4n) is 3.04. The zero-order valence-electron chi connectivity index (χ0n) is 15.4. The average molecular weight is 370 g/mol. The Morgan fingerprint density at radius 1 is 1.04 bits per heavy atom. The number of carbonyl (C=O) groups excluding carboxylic acids is 2. The average Bonchev–Trinajstić information content (AvgIpc) is 2.69. The Morgan fingerprint density at radius 3 is 2.44 bits per heavy atom. The molecular weight excluding hydrogens is 347 g/mol. The molecule has 1 aliphatic heterocycles. The predicted octanol–water partition coefficient (Wildman–Crippen LogP) is 3.27. The minimum absolute atomic E-state index is 0.125. The molecule has 1 aliphatic rings. The Morgan fingerprint density at radius 2 is 1.74 bits per heavy atom. The predicted molar refractivity (Wildman–Crippen MR) is 100 cm³/mol. The molecule has 1 heterocycles. The van der Waals surface area contributed by atoms with Crippen molar-refractivity contribution in [3.05, 3.63) is 71.0 Å². The third kappa shape index (κ3) is 5.14. The van der Waals surface area contributed by atoms with E-state index < -0.39 is 5.82 Å². The number of halogens is 1. The zero-order valence-corrected chi connectivity index (χ0v) is 15.4. The number of aryl methyl sites for hydroxylation is 1. The van der Waals surface area contributed by atoms with Gasteiger partial charge in [0.15, 0.2) is 5.78 Å². The van der Waals surface area contributed by atoms with Crippen LogP contribution >= 0.6 is 0 Å². The molecule has 0 unspecified atom stereocenters. The number of ether oxygens (including phenoxy) is 1. The molecular formula is C21H23FN2O3. The molecule has 0 saturated carbocycles. The van der Waals surface area contributed by atoms with Gasteiger partial charge >= 0.3 is 6.09 Å². The van der Waals surface area contributed by atoms with Gasteiger partial charge in [-0.1, -0.05) is 42.0 Å². The number of Topliss-reactive ketones (excluding diaryl/α,β-unsaturated/α-hetero) is 1. The van der Waals surface area contributed by atoms with Crippen LogP contribution in [0.1, 0.15) is 21.5 Å². The molecule has 0 N–H and O–H groups in total. The number of hydrogen-bond acceptors (Lipinski definition) is 4. The van der Waals surface area contributed by atoms with Crippen molar-refractivity contribution < 1.29 is 18.7 Å². The Hall–Kier alpha value is -2.73. The first-order chi connectivity index (χ1) is 13.0. The van der Waals surface area contributed by atoms with Gasteiger partial charge in [0.1, 0.15) is 12.4 Å². The summed E-state index contributed by atoms with van der Waals surface area (Å²) in [5.74, 6) is -0.731. The van der Waals surface area contributed by atoms with Crippen molar-refractivity contribution in [1.29, 1.82) is 0 Å². The van der Waals surface area contributed by atoms with Crippen molar-refractivity contribution >= 4 is 11.9 Å². The summed E-state index contributed by atoms with van der Waals surface area (Å²) < 4.78 is 19.2. The monoisotopic (exact) mass is 370 g/mol. The van der Waals surface area contributed by atoms with Gasteiger partial charge in [0, 0.05) is 26.2 Å². The van der Waals surface area contributed by atoms with Gasteiger partial charge in [-0.2, -0.15) is 0 Å². The minimum Gasteiger partial charge on any atom is -0.445 e. The number of amides is 1.